The molecule has 0 aliphatic heterocycles. The Bertz CT molecular complexity index is 1130. The van der Waals surface area contributed by atoms with Crippen molar-refractivity contribution in [1.29, 1.82) is 0 Å². The molecule has 31 heavy (non-hydrogen) atoms. The molecule has 0 radical (unpaired) electrons. The first-order valence-electron chi connectivity index (χ1n) is 9.69. The van der Waals surface area contributed by atoms with Gasteiger partial charge in [0.1, 0.15) is 18.0 Å². The minimum Gasteiger partial charge on any atom is -0.495 e. The Kier molecular flexibility index (Phi) is 7.15. The molecule has 7 nitrogen and oxygen atoms in total. The maximum absolute atomic E-state index is 13.4. The van der Waals surface area contributed by atoms with Crippen LogP contribution in [0.5, 0.6) is 11.5 Å². The van der Waals surface area contributed by atoms with Gasteiger partial charge in [-0.1, -0.05) is 36.4 Å². The molecule has 0 heterocycles. The highest BCUT2D eigenvalue weighted by molar-refractivity contribution is 7.92. The molecular weight excluding hydrogens is 416 g/mol. The Morgan fingerprint density at radius 3 is 2.39 bits per heavy atom. The molecule has 162 valence electrons. The van der Waals surface area contributed by atoms with Gasteiger partial charge in [0.15, 0.2) is 0 Å². The van der Waals surface area contributed by atoms with Crippen molar-refractivity contribution in [2.45, 2.75) is 11.8 Å². The van der Waals surface area contributed by atoms with Gasteiger partial charge in [0.25, 0.3) is 10.0 Å². The van der Waals surface area contributed by atoms with Gasteiger partial charge in [0, 0.05) is 11.8 Å². The highest BCUT2D eigenvalue weighted by Crippen LogP contribution is 2.32. The Morgan fingerprint density at radius 2 is 1.68 bits per heavy atom. The zero-order valence-corrected chi connectivity index (χ0v) is 18.1. The average molecular weight is 441 g/mol. The van der Waals surface area contributed by atoms with Gasteiger partial charge in [-0.25, -0.2) is 8.42 Å². The van der Waals surface area contributed by atoms with Crippen LogP contribution in [0.2, 0.25) is 0 Å². The second-order valence-electron chi connectivity index (χ2n) is 6.51. The highest BCUT2D eigenvalue weighted by Gasteiger charge is 2.29. The number of carbonyl (C=O) groups excluding carboxylic acids is 1. The van der Waals surface area contributed by atoms with Gasteiger partial charge in [0.05, 0.1) is 24.3 Å². The van der Waals surface area contributed by atoms with Gasteiger partial charge >= 0.3 is 0 Å². The van der Waals surface area contributed by atoms with Crippen LogP contribution < -0.4 is 19.1 Å². The fourth-order valence-corrected chi connectivity index (χ4v) is 4.47. The average Bonchev–Trinajstić information content (AvgIpc) is 2.78. The van der Waals surface area contributed by atoms with Crippen LogP contribution in [0.1, 0.15) is 6.92 Å². The van der Waals surface area contributed by atoms with E-state index in [1.54, 1.807) is 66.7 Å². The van der Waals surface area contributed by atoms with Crippen molar-refractivity contribution in [1.82, 2.24) is 0 Å². The first-order valence-corrected chi connectivity index (χ1v) is 11.1. The fourth-order valence-electron chi connectivity index (χ4n) is 3.02. The number of nitrogens with one attached hydrogen (secondary N) is 1. The van der Waals surface area contributed by atoms with Crippen LogP contribution in [0.25, 0.3) is 0 Å². The Morgan fingerprint density at radius 1 is 0.968 bits per heavy atom. The van der Waals surface area contributed by atoms with Crippen molar-refractivity contribution in [3.63, 3.8) is 0 Å². The maximum atomic E-state index is 13.4. The Hall–Kier alpha value is -3.52. The molecule has 3 aromatic rings. The summed E-state index contributed by atoms with van der Waals surface area (Å²) >= 11 is 0. The topological polar surface area (TPSA) is 84.9 Å². The number of anilines is 2. The summed E-state index contributed by atoms with van der Waals surface area (Å²) in [4.78, 5) is 12.9. The molecule has 0 unspecified atom stereocenters. The lowest BCUT2D eigenvalue weighted by Crippen LogP contribution is -2.38. The molecular formula is C23H24N2O5S. The number of benzene rings is 3. The lowest BCUT2D eigenvalue weighted by Gasteiger charge is -2.25. The molecule has 0 aliphatic carbocycles. The Labute approximate surface area is 182 Å². The number of sulfonamides is 1. The van der Waals surface area contributed by atoms with E-state index in [1.807, 2.05) is 6.92 Å². The molecule has 0 saturated carbocycles. The molecule has 3 aromatic carbocycles. The molecule has 8 heteroatoms. The first kappa shape index (κ1) is 22.2. The second kappa shape index (κ2) is 9.99. The van der Waals surface area contributed by atoms with Crippen molar-refractivity contribution < 1.29 is 22.7 Å². The first-order chi connectivity index (χ1) is 15.0. The van der Waals surface area contributed by atoms with E-state index in [0.717, 1.165) is 4.31 Å². The minimum atomic E-state index is -4.02. The number of nitrogens with zero attached hydrogens (tertiary/aromatic N) is 1. The van der Waals surface area contributed by atoms with E-state index in [1.165, 1.54) is 19.2 Å². The maximum Gasteiger partial charge on any atom is 0.264 e. The summed E-state index contributed by atoms with van der Waals surface area (Å²) in [5.74, 6) is 0.450. The normalized spacial score (nSPS) is 10.9. The lowest BCUT2D eigenvalue weighted by molar-refractivity contribution is -0.114. The number of hydrogen-bond donors (Lipinski definition) is 1. The molecule has 3 rings (SSSR count). The third-order valence-corrected chi connectivity index (χ3v) is 6.18. The molecule has 0 fully saturated rings. The number of carbonyl (C=O) groups is 1. The van der Waals surface area contributed by atoms with Crippen molar-refractivity contribution in [3.05, 3.63) is 78.9 Å². The monoisotopic (exact) mass is 440 g/mol. The zero-order chi connectivity index (χ0) is 22.3. The predicted molar refractivity (Wildman–Crippen MR) is 120 cm³/mol. The van der Waals surface area contributed by atoms with Gasteiger partial charge in [-0.3, -0.25) is 9.10 Å². The fraction of sp³-hybridized carbons (Fsp3) is 0.174. The van der Waals surface area contributed by atoms with E-state index in [0.29, 0.717) is 23.8 Å². The second-order valence-corrected chi connectivity index (χ2v) is 8.37. The van der Waals surface area contributed by atoms with Gasteiger partial charge in [0.2, 0.25) is 5.91 Å². The quantitative estimate of drug-likeness (QED) is 0.545. The highest BCUT2D eigenvalue weighted by atomic mass is 32.2. The number of rotatable bonds is 9. The van der Waals surface area contributed by atoms with E-state index in [2.05, 4.69) is 5.32 Å². The number of amides is 1. The summed E-state index contributed by atoms with van der Waals surface area (Å²) < 4.78 is 38.6. The molecule has 0 saturated heterocycles. The van der Waals surface area contributed by atoms with Gasteiger partial charge in [-0.05, 0) is 43.3 Å². The largest absolute Gasteiger partial charge is 0.495 e. The van der Waals surface area contributed by atoms with Crippen LogP contribution in [0.15, 0.2) is 83.8 Å². The van der Waals surface area contributed by atoms with Gasteiger partial charge in [-0.15, -0.1) is 0 Å². The molecule has 0 aromatic heterocycles. The summed E-state index contributed by atoms with van der Waals surface area (Å²) in [7, 11) is -2.57. The lowest BCUT2D eigenvalue weighted by atomic mass is 10.3. The third-order valence-electron chi connectivity index (χ3n) is 4.40. The van der Waals surface area contributed by atoms with Crippen molar-refractivity contribution >= 4 is 27.3 Å². The van der Waals surface area contributed by atoms with E-state index >= 15 is 0 Å². The molecule has 1 N–H and O–H groups in total. The van der Waals surface area contributed by atoms with Crippen molar-refractivity contribution in [3.8, 4) is 11.5 Å². The molecule has 0 aliphatic rings. The summed E-state index contributed by atoms with van der Waals surface area (Å²) in [5.41, 5.74) is 0.778. The van der Waals surface area contributed by atoms with E-state index in [-0.39, 0.29) is 10.6 Å². The minimum absolute atomic E-state index is 0.0760. The van der Waals surface area contributed by atoms with Crippen LogP contribution >= 0.6 is 0 Å². The summed E-state index contributed by atoms with van der Waals surface area (Å²) in [6.07, 6.45) is 0. The summed E-state index contributed by atoms with van der Waals surface area (Å²) in [6.45, 7) is 1.93. The number of para-hydroxylation sites is 2. The summed E-state index contributed by atoms with van der Waals surface area (Å²) in [6, 6.07) is 21.5. The zero-order valence-electron chi connectivity index (χ0n) is 17.3. The molecule has 0 atom stereocenters. The number of methoxy groups -OCH3 is 1. The van der Waals surface area contributed by atoms with E-state index in [9.17, 15) is 13.2 Å². The van der Waals surface area contributed by atoms with Crippen LogP contribution in [-0.2, 0) is 14.8 Å². The third kappa shape index (κ3) is 5.35. The number of hydrogen-bond acceptors (Lipinski definition) is 5. The molecule has 0 bridgehead atoms. The van der Waals surface area contributed by atoms with Crippen molar-refractivity contribution in [2.75, 3.05) is 29.9 Å². The SMILES string of the molecule is CCOc1cccc(NC(=O)CN(c2ccccc2OC)S(=O)(=O)c2ccccc2)c1. The van der Waals surface area contributed by atoms with Crippen LogP contribution in [0.4, 0.5) is 11.4 Å². The summed E-state index contributed by atoms with van der Waals surface area (Å²) in [5, 5.41) is 2.74. The van der Waals surface area contributed by atoms with E-state index in [4.69, 9.17) is 9.47 Å². The van der Waals surface area contributed by atoms with Crippen molar-refractivity contribution in [2.24, 2.45) is 0 Å². The van der Waals surface area contributed by atoms with Crippen LogP contribution in [-0.4, -0.2) is 34.6 Å². The van der Waals surface area contributed by atoms with Crippen LogP contribution in [0, 0.1) is 0 Å². The predicted octanol–water partition coefficient (Wildman–Crippen LogP) is 3.93. The molecule has 0 spiro atoms. The van der Waals surface area contributed by atoms with Crippen LogP contribution in [0.3, 0.4) is 0 Å². The van der Waals surface area contributed by atoms with Gasteiger partial charge in [-0.2, -0.15) is 0 Å². The van der Waals surface area contributed by atoms with E-state index < -0.39 is 22.5 Å². The van der Waals surface area contributed by atoms with Gasteiger partial charge < -0.3 is 14.8 Å². The number of ether oxygens (including phenoxy) is 2. The molecule has 1 amide bonds. The smallest absolute Gasteiger partial charge is 0.264 e. The Balaban J connectivity index is 1.94. The standard InChI is InChI=1S/C23H24N2O5S/c1-3-30-19-11-9-10-18(16-19)24-23(26)17-25(21-14-7-8-15-22(21)29-2)31(27,28)20-12-5-4-6-13-20/h4-16H,3,17H2,1-2H3,(H,24,26).